The van der Waals surface area contributed by atoms with Crippen LogP contribution in [0.3, 0.4) is 0 Å². The van der Waals surface area contributed by atoms with Gasteiger partial charge in [-0.05, 0) is 31.2 Å². The molecular formula is C20H19IO6. The number of hydrogen-bond donors (Lipinski definition) is 1. The van der Waals surface area contributed by atoms with Crippen LogP contribution in [0.4, 0.5) is 0 Å². The lowest BCUT2D eigenvalue weighted by Crippen LogP contribution is -2.57. The first-order valence-corrected chi connectivity index (χ1v) is 9.71. The highest BCUT2D eigenvalue weighted by Gasteiger charge is 2.47. The maximum atomic E-state index is 12.5. The van der Waals surface area contributed by atoms with Gasteiger partial charge in [-0.25, -0.2) is 9.59 Å². The molecule has 27 heavy (non-hydrogen) atoms. The molecule has 0 amide bonds. The van der Waals surface area contributed by atoms with Gasteiger partial charge in [0.2, 0.25) is 0 Å². The first kappa shape index (κ1) is 19.8. The number of halogens is 1. The topological polar surface area (TPSA) is 82.1 Å². The minimum Gasteiger partial charge on any atom is -0.453 e. The average Bonchev–Trinajstić information content (AvgIpc) is 2.69. The molecule has 0 aliphatic carbocycles. The molecule has 1 N–H and O–H groups in total. The summed E-state index contributed by atoms with van der Waals surface area (Å²) >= 11 is 2.08. The lowest BCUT2D eigenvalue weighted by atomic mass is 10.0. The van der Waals surface area contributed by atoms with E-state index >= 15 is 0 Å². The van der Waals surface area contributed by atoms with Gasteiger partial charge in [-0.1, -0.05) is 59.0 Å². The van der Waals surface area contributed by atoms with Gasteiger partial charge in [-0.15, -0.1) is 0 Å². The van der Waals surface area contributed by atoms with Crippen molar-refractivity contribution in [2.45, 2.75) is 35.5 Å². The van der Waals surface area contributed by atoms with E-state index in [1.54, 1.807) is 67.6 Å². The van der Waals surface area contributed by atoms with E-state index in [-0.39, 0.29) is 10.0 Å². The molecule has 1 heterocycles. The van der Waals surface area contributed by atoms with Gasteiger partial charge in [-0.3, -0.25) is 0 Å². The van der Waals surface area contributed by atoms with Crippen LogP contribution in [0.25, 0.3) is 0 Å². The summed E-state index contributed by atoms with van der Waals surface area (Å²) in [7, 11) is 0. The predicted molar refractivity (Wildman–Crippen MR) is 106 cm³/mol. The Bertz CT molecular complexity index is 782. The number of aliphatic hydroxyl groups is 1. The molecule has 7 heteroatoms. The second kappa shape index (κ2) is 8.81. The maximum absolute atomic E-state index is 12.5. The van der Waals surface area contributed by atoms with Crippen LogP contribution in [0.5, 0.6) is 0 Å². The number of carbonyl (C=O) groups excluding carboxylic acids is 2. The van der Waals surface area contributed by atoms with Crippen molar-refractivity contribution in [3.8, 4) is 0 Å². The SMILES string of the molecule is C[C@H]1O[C@@H](O)[C@H](OC(=O)c2ccccc2)[C@H](OC(=O)c2ccccc2)[C@H]1I. The van der Waals surface area contributed by atoms with Crippen LogP contribution in [0.15, 0.2) is 60.7 Å². The normalized spacial score (nSPS) is 27.6. The first-order valence-electron chi connectivity index (χ1n) is 8.47. The molecule has 2 aromatic carbocycles. The lowest BCUT2D eigenvalue weighted by molar-refractivity contribution is -0.237. The average molecular weight is 482 g/mol. The van der Waals surface area contributed by atoms with Crippen molar-refractivity contribution in [3.05, 3.63) is 71.8 Å². The highest BCUT2D eigenvalue weighted by molar-refractivity contribution is 14.1. The van der Waals surface area contributed by atoms with E-state index in [0.29, 0.717) is 11.1 Å². The Labute approximate surface area is 170 Å². The standard InChI is InChI=1S/C20H19IO6/c1-12-15(21)16(26-18(22)13-8-4-2-5-9-13)17(20(24)25-12)27-19(23)14-10-6-3-7-11-14/h2-12,15-17,20,24H,1H3/t12-,15+,16-,17-,20-/m1/s1. The fourth-order valence-corrected chi connectivity index (χ4v) is 3.50. The third-order valence-corrected chi connectivity index (χ3v) is 5.95. The fraction of sp³-hybridized carbons (Fsp3) is 0.300. The van der Waals surface area contributed by atoms with Crippen molar-refractivity contribution in [3.63, 3.8) is 0 Å². The molecule has 1 fully saturated rings. The summed E-state index contributed by atoms with van der Waals surface area (Å²) in [6, 6.07) is 16.9. The van der Waals surface area contributed by atoms with Crippen LogP contribution in [0, 0.1) is 0 Å². The predicted octanol–water partition coefficient (Wildman–Crippen LogP) is 2.98. The van der Waals surface area contributed by atoms with E-state index in [1.807, 2.05) is 0 Å². The number of rotatable bonds is 4. The summed E-state index contributed by atoms with van der Waals surface area (Å²) in [6.45, 7) is 1.76. The number of alkyl halides is 1. The third kappa shape index (κ3) is 4.66. The molecule has 142 valence electrons. The van der Waals surface area contributed by atoms with Crippen molar-refractivity contribution in [2.24, 2.45) is 0 Å². The van der Waals surface area contributed by atoms with E-state index in [9.17, 15) is 14.7 Å². The van der Waals surface area contributed by atoms with Gasteiger partial charge in [-0.2, -0.15) is 0 Å². The van der Waals surface area contributed by atoms with E-state index in [1.165, 1.54) is 0 Å². The Hall–Kier alpha value is -1.97. The number of carbonyl (C=O) groups is 2. The summed E-state index contributed by atoms with van der Waals surface area (Å²) in [6.07, 6.45) is -3.78. The van der Waals surface area contributed by atoms with Crippen LogP contribution in [-0.2, 0) is 14.2 Å². The molecular weight excluding hydrogens is 463 g/mol. The van der Waals surface area contributed by atoms with Crippen molar-refractivity contribution in [2.75, 3.05) is 0 Å². The zero-order valence-electron chi connectivity index (χ0n) is 14.5. The van der Waals surface area contributed by atoms with Gasteiger partial charge < -0.3 is 19.3 Å². The first-order chi connectivity index (χ1) is 13.0. The number of aliphatic hydroxyl groups excluding tert-OH is 1. The third-order valence-electron chi connectivity index (χ3n) is 4.23. The minimum atomic E-state index is -1.40. The van der Waals surface area contributed by atoms with Gasteiger partial charge in [0.25, 0.3) is 0 Å². The molecule has 0 unspecified atom stereocenters. The van der Waals surface area contributed by atoms with Crippen molar-refractivity contribution in [1.29, 1.82) is 0 Å². The van der Waals surface area contributed by atoms with E-state index < -0.39 is 30.4 Å². The molecule has 2 aromatic rings. The zero-order chi connectivity index (χ0) is 19.4. The Kier molecular flexibility index (Phi) is 6.46. The summed E-state index contributed by atoms with van der Waals surface area (Å²) < 4.78 is 16.2. The highest BCUT2D eigenvalue weighted by Crippen LogP contribution is 2.31. The molecule has 6 nitrogen and oxygen atoms in total. The fourth-order valence-electron chi connectivity index (χ4n) is 2.77. The molecule has 3 rings (SSSR count). The smallest absolute Gasteiger partial charge is 0.338 e. The molecule has 0 aromatic heterocycles. The quantitative estimate of drug-likeness (QED) is 0.410. The van der Waals surface area contributed by atoms with Crippen LogP contribution in [-0.4, -0.2) is 45.6 Å². The molecule has 0 saturated carbocycles. The Morgan fingerprint density at radius 1 is 0.889 bits per heavy atom. The van der Waals surface area contributed by atoms with Crippen LogP contribution < -0.4 is 0 Å². The van der Waals surface area contributed by atoms with E-state index in [2.05, 4.69) is 22.6 Å². The summed E-state index contributed by atoms with van der Waals surface area (Å²) in [4.78, 5) is 24.9. The van der Waals surface area contributed by atoms with Gasteiger partial charge in [0.05, 0.1) is 21.2 Å². The highest BCUT2D eigenvalue weighted by atomic mass is 127. The number of esters is 2. The molecule has 5 atom stereocenters. The maximum Gasteiger partial charge on any atom is 0.338 e. The van der Waals surface area contributed by atoms with Gasteiger partial charge in [0.1, 0.15) is 0 Å². The Morgan fingerprint density at radius 3 is 1.81 bits per heavy atom. The van der Waals surface area contributed by atoms with Gasteiger partial charge in [0, 0.05) is 0 Å². The van der Waals surface area contributed by atoms with Crippen LogP contribution in [0.2, 0.25) is 0 Å². The van der Waals surface area contributed by atoms with Crippen molar-refractivity contribution in [1.82, 2.24) is 0 Å². The van der Waals surface area contributed by atoms with Crippen molar-refractivity contribution < 1.29 is 28.9 Å². The Balaban J connectivity index is 1.80. The number of hydrogen-bond acceptors (Lipinski definition) is 6. The molecule has 0 spiro atoms. The van der Waals surface area contributed by atoms with Gasteiger partial charge >= 0.3 is 11.9 Å². The summed E-state index contributed by atoms with van der Waals surface area (Å²) in [5.74, 6) is -1.17. The summed E-state index contributed by atoms with van der Waals surface area (Å²) in [5, 5.41) is 10.3. The zero-order valence-corrected chi connectivity index (χ0v) is 16.7. The number of ether oxygens (including phenoxy) is 3. The lowest BCUT2D eigenvalue weighted by Gasteiger charge is -2.40. The second-order valence-electron chi connectivity index (χ2n) is 6.15. The Morgan fingerprint density at radius 2 is 1.33 bits per heavy atom. The minimum absolute atomic E-state index is 0.313. The van der Waals surface area contributed by atoms with Gasteiger partial charge in [0.15, 0.2) is 18.5 Å². The van der Waals surface area contributed by atoms with E-state index in [0.717, 1.165) is 0 Å². The van der Waals surface area contributed by atoms with E-state index in [4.69, 9.17) is 14.2 Å². The van der Waals surface area contributed by atoms with Crippen LogP contribution in [0.1, 0.15) is 27.6 Å². The largest absolute Gasteiger partial charge is 0.453 e. The second-order valence-corrected chi connectivity index (χ2v) is 7.59. The number of benzene rings is 2. The van der Waals surface area contributed by atoms with Crippen LogP contribution >= 0.6 is 22.6 Å². The molecule has 1 saturated heterocycles. The molecule has 1 aliphatic rings. The molecule has 0 bridgehead atoms. The monoisotopic (exact) mass is 482 g/mol. The molecule has 0 radical (unpaired) electrons. The molecule has 1 aliphatic heterocycles. The summed E-state index contributed by atoms with van der Waals surface area (Å²) in [5.41, 5.74) is 0.712. The van der Waals surface area contributed by atoms with Crippen molar-refractivity contribution >= 4 is 34.5 Å².